The second kappa shape index (κ2) is 7.97. The van der Waals surface area contributed by atoms with E-state index in [2.05, 4.69) is 0 Å². The largest absolute Gasteiger partial charge is 0.339 e. The zero-order chi connectivity index (χ0) is 17.6. The van der Waals surface area contributed by atoms with Gasteiger partial charge in [0, 0.05) is 26.2 Å². The minimum atomic E-state index is 0.136. The van der Waals surface area contributed by atoms with Gasteiger partial charge in [-0.2, -0.15) is 0 Å². The molecule has 1 aliphatic rings. The first-order chi connectivity index (χ1) is 12.1. The molecule has 0 bridgehead atoms. The smallest absolute Gasteiger partial charge is 0.227 e. The maximum atomic E-state index is 12.5. The van der Waals surface area contributed by atoms with Crippen LogP contribution >= 0.6 is 0 Å². The maximum Gasteiger partial charge on any atom is 0.227 e. The molecule has 4 nitrogen and oxygen atoms in total. The van der Waals surface area contributed by atoms with Gasteiger partial charge in [0.25, 0.3) is 0 Å². The van der Waals surface area contributed by atoms with Gasteiger partial charge in [0.05, 0.1) is 12.8 Å². The molecule has 1 aliphatic heterocycles. The highest BCUT2D eigenvalue weighted by Crippen LogP contribution is 2.12. The number of amides is 2. The molecule has 0 aromatic heterocycles. The highest BCUT2D eigenvalue weighted by Gasteiger charge is 2.24. The van der Waals surface area contributed by atoms with Crippen molar-refractivity contribution in [3.8, 4) is 0 Å². The molecule has 0 spiro atoms. The van der Waals surface area contributed by atoms with Crippen molar-refractivity contribution in [3.05, 3.63) is 71.3 Å². The molecule has 1 heterocycles. The fourth-order valence-corrected chi connectivity index (χ4v) is 3.17. The summed E-state index contributed by atoms with van der Waals surface area (Å²) in [6, 6.07) is 17.8. The molecular formula is C21H24N2O2. The lowest BCUT2D eigenvalue weighted by molar-refractivity contribution is -0.138. The van der Waals surface area contributed by atoms with E-state index >= 15 is 0 Å². The SMILES string of the molecule is Cc1ccccc1CC(=O)N1CCN(C(=O)Cc2ccccc2)CC1. The average Bonchev–Trinajstić information content (AvgIpc) is 2.64. The highest BCUT2D eigenvalue weighted by atomic mass is 16.2. The van der Waals surface area contributed by atoms with E-state index in [1.54, 1.807) is 0 Å². The van der Waals surface area contributed by atoms with E-state index in [1.807, 2.05) is 71.3 Å². The lowest BCUT2D eigenvalue weighted by Crippen LogP contribution is -2.51. The summed E-state index contributed by atoms with van der Waals surface area (Å²) in [5, 5.41) is 0. The molecule has 0 unspecified atom stereocenters. The Balaban J connectivity index is 1.50. The number of hydrogen-bond donors (Lipinski definition) is 0. The van der Waals surface area contributed by atoms with Crippen molar-refractivity contribution < 1.29 is 9.59 Å². The van der Waals surface area contributed by atoms with Gasteiger partial charge in [-0.3, -0.25) is 9.59 Å². The lowest BCUT2D eigenvalue weighted by atomic mass is 10.1. The van der Waals surface area contributed by atoms with Crippen LogP contribution in [0.4, 0.5) is 0 Å². The number of carbonyl (C=O) groups excluding carboxylic acids is 2. The normalized spacial score (nSPS) is 14.4. The summed E-state index contributed by atoms with van der Waals surface area (Å²) in [6.45, 7) is 4.50. The summed E-state index contributed by atoms with van der Waals surface area (Å²) in [4.78, 5) is 28.7. The first-order valence-electron chi connectivity index (χ1n) is 8.77. The third kappa shape index (κ3) is 4.47. The van der Waals surface area contributed by atoms with Gasteiger partial charge in [-0.1, -0.05) is 54.6 Å². The predicted molar refractivity (Wildman–Crippen MR) is 98.2 cm³/mol. The number of aryl methyl sites for hydroxylation is 1. The second-order valence-corrected chi connectivity index (χ2v) is 6.53. The Morgan fingerprint density at radius 2 is 1.28 bits per heavy atom. The predicted octanol–water partition coefficient (Wildman–Crippen LogP) is 2.45. The zero-order valence-corrected chi connectivity index (χ0v) is 14.6. The molecule has 4 heteroatoms. The highest BCUT2D eigenvalue weighted by molar-refractivity contribution is 5.81. The van der Waals surface area contributed by atoms with Crippen molar-refractivity contribution in [2.75, 3.05) is 26.2 Å². The Kier molecular flexibility index (Phi) is 5.49. The Morgan fingerprint density at radius 1 is 0.760 bits per heavy atom. The molecule has 2 aromatic rings. The van der Waals surface area contributed by atoms with Crippen molar-refractivity contribution in [2.24, 2.45) is 0 Å². The van der Waals surface area contributed by atoms with E-state index < -0.39 is 0 Å². The molecule has 0 N–H and O–H groups in total. The van der Waals surface area contributed by atoms with Crippen LogP contribution in [0.25, 0.3) is 0 Å². The number of piperazine rings is 1. The van der Waals surface area contributed by atoms with Gasteiger partial charge in [0.1, 0.15) is 0 Å². The fraction of sp³-hybridized carbons (Fsp3) is 0.333. The average molecular weight is 336 g/mol. The Hall–Kier alpha value is -2.62. The molecule has 130 valence electrons. The van der Waals surface area contributed by atoms with Gasteiger partial charge >= 0.3 is 0 Å². The van der Waals surface area contributed by atoms with Crippen LogP contribution in [-0.2, 0) is 22.4 Å². The first kappa shape index (κ1) is 17.2. The molecule has 1 saturated heterocycles. The van der Waals surface area contributed by atoms with E-state index in [1.165, 1.54) is 0 Å². The van der Waals surface area contributed by atoms with Crippen LogP contribution in [0.1, 0.15) is 16.7 Å². The number of benzene rings is 2. The minimum Gasteiger partial charge on any atom is -0.339 e. The fourth-order valence-electron chi connectivity index (χ4n) is 3.17. The molecule has 0 atom stereocenters. The molecule has 3 rings (SSSR count). The van der Waals surface area contributed by atoms with E-state index in [0.717, 1.165) is 16.7 Å². The summed E-state index contributed by atoms with van der Waals surface area (Å²) < 4.78 is 0. The maximum absolute atomic E-state index is 12.5. The second-order valence-electron chi connectivity index (χ2n) is 6.53. The Bertz CT molecular complexity index is 735. The molecule has 0 saturated carbocycles. The van der Waals surface area contributed by atoms with E-state index in [-0.39, 0.29) is 11.8 Å². The molecule has 1 fully saturated rings. The van der Waals surface area contributed by atoms with Crippen molar-refractivity contribution in [3.63, 3.8) is 0 Å². The van der Waals surface area contributed by atoms with Crippen LogP contribution < -0.4 is 0 Å². The zero-order valence-electron chi connectivity index (χ0n) is 14.6. The molecule has 0 radical (unpaired) electrons. The van der Waals surface area contributed by atoms with Gasteiger partial charge in [0.15, 0.2) is 0 Å². The monoisotopic (exact) mass is 336 g/mol. The van der Waals surface area contributed by atoms with E-state index in [0.29, 0.717) is 39.0 Å². The van der Waals surface area contributed by atoms with Crippen LogP contribution in [-0.4, -0.2) is 47.8 Å². The van der Waals surface area contributed by atoms with Crippen molar-refractivity contribution in [1.82, 2.24) is 9.80 Å². The van der Waals surface area contributed by atoms with Crippen LogP contribution in [0.15, 0.2) is 54.6 Å². The van der Waals surface area contributed by atoms with Crippen molar-refractivity contribution in [1.29, 1.82) is 0 Å². The number of carbonyl (C=O) groups is 2. The quantitative estimate of drug-likeness (QED) is 0.860. The molecular weight excluding hydrogens is 312 g/mol. The summed E-state index contributed by atoms with van der Waals surface area (Å²) >= 11 is 0. The molecule has 25 heavy (non-hydrogen) atoms. The van der Waals surface area contributed by atoms with Gasteiger partial charge in [-0.25, -0.2) is 0 Å². The molecule has 0 aliphatic carbocycles. The van der Waals surface area contributed by atoms with Crippen molar-refractivity contribution >= 4 is 11.8 Å². The van der Waals surface area contributed by atoms with Gasteiger partial charge in [-0.05, 0) is 23.6 Å². The number of rotatable bonds is 4. The Morgan fingerprint density at radius 3 is 1.88 bits per heavy atom. The van der Waals surface area contributed by atoms with Gasteiger partial charge in [0.2, 0.25) is 11.8 Å². The first-order valence-corrected chi connectivity index (χ1v) is 8.77. The van der Waals surface area contributed by atoms with Gasteiger partial charge < -0.3 is 9.80 Å². The van der Waals surface area contributed by atoms with Crippen LogP contribution in [0.2, 0.25) is 0 Å². The minimum absolute atomic E-state index is 0.136. The van der Waals surface area contributed by atoms with Crippen LogP contribution in [0.5, 0.6) is 0 Å². The third-order valence-corrected chi connectivity index (χ3v) is 4.79. The van der Waals surface area contributed by atoms with Crippen LogP contribution in [0.3, 0.4) is 0 Å². The molecule has 2 aromatic carbocycles. The summed E-state index contributed by atoms with van der Waals surface area (Å²) in [5.74, 6) is 0.279. The Labute approximate surface area is 149 Å². The lowest BCUT2D eigenvalue weighted by Gasteiger charge is -2.35. The third-order valence-electron chi connectivity index (χ3n) is 4.79. The summed E-state index contributed by atoms with van der Waals surface area (Å²) in [7, 11) is 0. The summed E-state index contributed by atoms with van der Waals surface area (Å²) in [5.41, 5.74) is 3.26. The van der Waals surface area contributed by atoms with Crippen LogP contribution in [0, 0.1) is 6.92 Å². The number of hydrogen-bond acceptors (Lipinski definition) is 2. The van der Waals surface area contributed by atoms with E-state index in [4.69, 9.17) is 0 Å². The van der Waals surface area contributed by atoms with Crippen molar-refractivity contribution in [2.45, 2.75) is 19.8 Å². The van der Waals surface area contributed by atoms with Gasteiger partial charge in [-0.15, -0.1) is 0 Å². The molecule has 2 amide bonds. The summed E-state index contributed by atoms with van der Waals surface area (Å²) in [6.07, 6.45) is 0.864. The topological polar surface area (TPSA) is 40.6 Å². The number of nitrogens with zero attached hydrogens (tertiary/aromatic N) is 2. The van der Waals surface area contributed by atoms with E-state index in [9.17, 15) is 9.59 Å². The standard InChI is InChI=1S/C21H24N2O2/c1-17-7-5-6-10-19(17)16-21(25)23-13-11-22(12-14-23)20(24)15-18-8-3-2-4-9-18/h2-10H,11-16H2,1H3.